The Morgan fingerprint density at radius 3 is 3.00 bits per heavy atom. The van der Waals surface area contributed by atoms with Crippen molar-refractivity contribution in [3.63, 3.8) is 0 Å². The number of carbonyl (C=O) groups excluding carboxylic acids is 1. The SMILES string of the molecule is CCc1nncn1CCNC(=O)[C@@H](C)OCc1cccc(OC)c1. The molecule has 1 aromatic carbocycles. The van der Waals surface area contributed by atoms with Gasteiger partial charge in [0.15, 0.2) is 0 Å². The van der Waals surface area contributed by atoms with Crippen LogP contribution >= 0.6 is 0 Å². The first-order chi connectivity index (χ1) is 11.6. The number of amides is 1. The van der Waals surface area contributed by atoms with E-state index in [9.17, 15) is 4.79 Å². The topological polar surface area (TPSA) is 78.3 Å². The highest BCUT2D eigenvalue weighted by molar-refractivity contribution is 5.80. The number of benzene rings is 1. The van der Waals surface area contributed by atoms with Crippen LogP contribution in [0.5, 0.6) is 5.75 Å². The van der Waals surface area contributed by atoms with Crippen LogP contribution in [-0.2, 0) is 29.1 Å². The number of nitrogens with one attached hydrogen (secondary N) is 1. The van der Waals surface area contributed by atoms with Gasteiger partial charge in [0.2, 0.25) is 5.91 Å². The van der Waals surface area contributed by atoms with Gasteiger partial charge in [-0.2, -0.15) is 0 Å². The third-order valence-corrected chi connectivity index (χ3v) is 3.67. The highest BCUT2D eigenvalue weighted by atomic mass is 16.5. The highest BCUT2D eigenvalue weighted by Gasteiger charge is 2.13. The molecular weight excluding hydrogens is 308 g/mol. The summed E-state index contributed by atoms with van der Waals surface area (Å²) in [4.78, 5) is 12.1. The van der Waals surface area contributed by atoms with Gasteiger partial charge < -0.3 is 19.4 Å². The quantitative estimate of drug-likeness (QED) is 0.754. The largest absolute Gasteiger partial charge is 0.497 e. The number of hydrogen-bond donors (Lipinski definition) is 1. The molecule has 1 aromatic heterocycles. The predicted molar refractivity (Wildman–Crippen MR) is 89.7 cm³/mol. The van der Waals surface area contributed by atoms with Crippen molar-refractivity contribution >= 4 is 5.91 Å². The summed E-state index contributed by atoms with van der Waals surface area (Å²) in [6.07, 6.45) is 1.96. The fourth-order valence-electron chi connectivity index (χ4n) is 2.24. The van der Waals surface area contributed by atoms with Gasteiger partial charge >= 0.3 is 0 Å². The van der Waals surface area contributed by atoms with Crippen LogP contribution in [0.15, 0.2) is 30.6 Å². The summed E-state index contributed by atoms with van der Waals surface area (Å²) < 4.78 is 12.7. The molecule has 2 rings (SSSR count). The summed E-state index contributed by atoms with van der Waals surface area (Å²) in [6.45, 7) is 5.28. The lowest BCUT2D eigenvalue weighted by atomic mass is 10.2. The van der Waals surface area contributed by atoms with Crippen molar-refractivity contribution in [3.8, 4) is 5.75 Å². The minimum absolute atomic E-state index is 0.135. The van der Waals surface area contributed by atoms with Gasteiger partial charge in [-0.05, 0) is 24.6 Å². The molecule has 7 nitrogen and oxygen atoms in total. The van der Waals surface area contributed by atoms with Crippen LogP contribution in [0, 0.1) is 0 Å². The number of methoxy groups -OCH3 is 1. The molecule has 0 unspecified atom stereocenters. The number of aromatic nitrogens is 3. The van der Waals surface area contributed by atoms with E-state index in [-0.39, 0.29) is 5.91 Å². The summed E-state index contributed by atoms with van der Waals surface area (Å²) in [5, 5.41) is 10.7. The van der Waals surface area contributed by atoms with Crippen molar-refractivity contribution < 1.29 is 14.3 Å². The van der Waals surface area contributed by atoms with E-state index < -0.39 is 6.10 Å². The zero-order valence-electron chi connectivity index (χ0n) is 14.4. The lowest BCUT2D eigenvalue weighted by Gasteiger charge is -2.14. The van der Waals surface area contributed by atoms with Gasteiger partial charge in [0.05, 0.1) is 13.7 Å². The standard InChI is InChI=1S/C17H24N4O3/c1-4-16-20-19-12-21(16)9-8-18-17(22)13(2)24-11-14-6-5-7-15(10-14)23-3/h5-7,10,12-13H,4,8-9,11H2,1-3H3,(H,18,22)/t13-/m1/s1. The van der Waals surface area contributed by atoms with Crippen LogP contribution in [0.4, 0.5) is 0 Å². The van der Waals surface area contributed by atoms with Crippen LogP contribution in [0.3, 0.4) is 0 Å². The second-order valence-electron chi connectivity index (χ2n) is 5.39. The van der Waals surface area contributed by atoms with Gasteiger partial charge in [0.1, 0.15) is 24.0 Å². The number of nitrogens with zero attached hydrogens (tertiary/aromatic N) is 3. The number of carbonyl (C=O) groups is 1. The number of hydrogen-bond acceptors (Lipinski definition) is 5. The second kappa shape index (κ2) is 9.02. The lowest BCUT2D eigenvalue weighted by Crippen LogP contribution is -2.36. The van der Waals surface area contributed by atoms with Crippen LogP contribution in [0.1, 0.15) is 25.2 Å². The molecule has 0 aliphatic heterocycles. The van der Waals surface area contributed by atoms with Crippen molar-refractivity contribution in [1.29, 1.82) is 0 Å². The van der Waals surface area contributed by atoms with Crippen molar-refractivity contribution in [2.24, 2.45) is 0 Å². The molecule has 0 saturated carbocycles. The summed E-state index contributed by atoms with van der Waals surface area (Å²) in [5.74, 6) is 1.55. The van der Waals surface area contributed by atoms with Crippen LogP contribution in [-0.4, -0.2) is 40.4 Å². The van der Waals surface area contributed by atoms with Crippen molar-refractivity contribution in [2.75, 3.05) is 13.7 Å². The average molecular weight is 332 g/mol. The van der Waals surface area contributed by atoms with Crippen LogP contribution < -0.4 is 10.1 Å². The maximum Gasteiger partial charge on any atom is 0.248 e. The third-order valence-electron chi connectivity index (χ3n) is 3.67. The van der Waals surface area contributed by atoms with Crippen LogP contribution in [0.2, 0.25) is 0 Å². The summed E-state index contributed by atoms with van der Waals surface area (Å²) in [5.41, 5.74) is 0.964. The van der Waals surface area contributed by atoms with E-state index in [1.165, 1.54) is 0 Å². The molecule has 0 fully saturated rings. The minimum Gasteiger partial charge on any atom is -0.497 e. The molecule has 0 spiro atoms. The molecular formula is C17H24N4O3. The zero-order valence-corrected chi connectivity index (χ0v) is 14.4. The minimum atomic E-state index is -0.525. The molecule has 0 saturated heterocycles. The highest BCUT2D eigenvalue weighted by Crippen LogP contribution is 2.13. The molecule has 7 heteroatoms. The summed E-state index contributed by atoms with van der Waals surface area (Å²) >= 11 is 0. The Morgan fingerprint density at radius 2 is 2.25 bits per heavy atom. The third kappa shape index (κ3) is 5.06. The van der Waals surface area contributed by atoms with Gasteiger partial charge in [0.25, 0.3) is 0 Å². The van der Waals surface area contributed by atoms with Crippen LogP contribution in [0.25, 0.3) is 0 Å². The molecule has 1 heterocycles. The Balaban J connectivity index is 1.73. The first-order valence-electron chi connectivity index (χ1n) is 8.03. The molecule has 0 aliphatic rings. The number of ether oxygens (including phenoxy) is 2. The first kappa shape index (κ1) is 17.9. The average Bonchev–Trinajstić information content (AvgIpc) is 3.07. The fourth-order valence-corrected chi connectivity index (χ4v) is 2.24. The number of aryl methyl sites for hydroxylation is 1. The van der Waals surface area contributed by atoms with Gasteiger partial charge in [-0.3, -0.25) is 4.79 Å². The van der Waals surface area contributed by atoms with E-state index in [0.29, 0.717) is 19.7 Å². The van der Waals surface area contributed by atoms with E-state index >= 15 is 0 Å². The fraction of sp³-hybridized carbons (Fsp3) is 0.471. The predicted octanol–water partition coefficient (Wildman–Crippen LogP) is 1.57. The molecule has 2 aromatic rings. The molecule has 1 atom stereocenters. The van der Waals surface area contributed by atoms with Crippen molar-refractivity contribution in [2.45, 2.75) is 39.5 Å². The molecule has 0 aliphatic carbocycles. The first-order valence-corrected chi connectivity index (χ1v) is 8.03. The normalized spacial score (nSPS) is 12.0. The van der Waals surface area contributed by atoms with Gasteiger partial charge in [0, 0.05) is 19.5 Å². The Bertz CT molecular complexity index is 657. The lowest BCUT2D eigenvalue weighted by molar-refractivity contribution is -0.132. The molecule has 0 radical (unpaired) electrons. The van der Waals surface area contributed by atoms with E-state index in [1.54, 1.807) is 20.4 Å². The Labute approximate surface area is 142 Å². The van der Waals surface area contributed by atoms with E-state index in [1.807, 2.05) is 35.8 Å². The summed E-state index contributed by atoms with van der Waals surface area (Å²) in [7, 11) is 1.62. The Morgan fingerprint density at radius 1 is 1.42 bits per heavy atom. The van der Waals surface area contributed by atoms with Gasteiger partial charge in [-0.25, -0.2) is 0 Å². The van der Waals surface area contributed by atoms with Gasteiger partial charge in [-0.15, -0.1) is 10.2 Å². The Kier molecular flexibility index (Phi) is 6.74. The second-order valence-corrected chi connectivity index (χ2v) is 5.39. The van der Waals surface area contributed by atoms with E-state index in [2.05, 4.69) is 15.5 Å². The maximum absolute atomic E-state index is 12.1. The van der Waals surface area contributed by atoms with E-state index in [0.717, 1.165) is 23.6 Å². The monoisotopic (exact) mass is 332 g/mol. The summed E-state index contributed by atoms with van der Waals surface area (Å²) in [6, 6.07) is 7.59. The smallest absolute Gasteiger partial charge is 0.248 e. The Hall–Kier alpha value is -2.41. The zero-order chi connectivity index (χ0) is 17.4. The van der Waals surface area contributed by atoms with E-state index in [4.69, 9.17) is 9.47 Å². The van der Waals surface area contributed by atoms with Crippen molar-refractivity contribution in [3.05, 3.63) is 42.0 Å². The molecule has 0 bridgehead atoms. The molecule has 130 valence electrons. The maximum atomic E-state index is 12.1. The number of rotatable bonds is 9. The van der Waals surface area contributed by atoms with Crippen molar-refractivity contribution in [1.82, 2.24) is 20.1 Å². The molecule has 1 amide bonds. The molecule has 1 N–H and O–H groups in total. The molecule has 24 heavy (non-hydrogen) atoms. The van der Waals surface area contributed by atoms with Gasteiger partial charge in [-0.1, -0.05) is 19.1 Å².